The van der Waals surface area contributed by atoms with E-state index in [0.717, 1.165) is 36.8 Å². The van der Waals surface area contributed by atoms with Crippen molar-refractivity contribution in [2.45, 2.75) is 31.4 Å². The molecule has 4 nitrogen and oxygen atoms in total. The van der Waals surface area contributed by atoms with Gasteiger partial charge >= 0.3 is 0 Å². The predicted molar refractivity (Wildman–Crippen MR) is 91.0 cm³/mol. The number of nitrogens with one attached hydrogen (secondary N) is 2. The SMILES string of the molecule is C=C(C)CN=C(NCCc1ccco1)NCC1CCCS1. The maximum absolute atomic E-state index is 5.34. The first-order chi connectivity index (χ1) is 10.2. The van der Waals surface area contributed by atoms with E-state index in [4.69, 9.17) is 4.42 Å². The molecule has 2 heterocycles. The van der Waals surface area contributed by atoms with Crippen LogP contribution in [0.5, 0.6) is 0 Å². The van der Waals surface area contributed by atoms with Gasteiger partial charge in [-0.15, -0.1) is 0 Å². The van der Waals surface area contributed by atoms with E-state index in [1.165, 1.54) is 18.6 Å². The standard InChI is InChI=1S/C16H25N3OS/c1-13(2)11-18-16(19-12-15-6-4-10-21-15)17-8-7-14-5-3-9-20-14/h3,5,9,15H,1,4,6-8,10-12H2,2H3,(H2,17,18,19). The summed E-state index contributed by atoms with van der Waals surface area (Å²) in [6.45, 7) is 8.35. The van der Waals surface area contributed by atoms with Gasteiger partial charge in [-0.05, 0) is 37.7 Å². The van der Waals surface area contributed by atoms with Crippen molar-refractivity contribution in [1.82, 2.24) is 10.6 Å². The zero-order chi connectivity index (χ0) is 14.9. The first-order valence-electron chi connectivity index (χ1n) is 7.54. The second kappa shape index (κ2) is 8.82. The van der Waals surface area contributed by atoms with E-state index in [-0.39, 0.29) is 0 Å². The van der Waals surface area contributed by atoms with Crippen LogP contribution in [-0.4, -0.2) is 36.6 Å². The van der Waals surface area contributed by atoms with Crippen LogP contribution in [0.3, 0.4) is 0 Å². The highest BCUT2D eigenvalue weighted by Gasteiger charge is 2.15. The number of guanidine groups is 1. The summed E-state index contributed by atoms with van der Waals surface area (Å²) in [6.07, 6.45) is 5.21. The van der Waals surface area contributed by atoms with Crippen LogP contribution in [0, 0.1) is 0 Å². The lowest BCUT2D eigenvalue weighted by Crippen LogP contribution is -2.41. The third kappa shape index (κ3) is 6.29. The van der Waals surface area contributed by atoms with Gasteiger partial charge < -0.3 is 15.1 Å². The van der Waals surface area contributed by atoms with Crippen molar-refractivity contribution < 1.29 is 4.42 Å². The van der Waals surface area contributed by atoms with E-state index >= 15 is 0 Å². The number of nitrogens with zero attached hydrogens (tertiary/aromatic N) is 1. The molecule has 1 saturated heterocycles. The summed E-state index contributed by atoms with van der Waals surface area (Å²) in [5.41, 5.74) is 1.07. The Hall–Kier alpha value is -1.36. The molecule has 0 aliphatic carbocycles. The quantitative estimate of drug-likeness (QED) is 0.462. The highest BCUT2D eigenvalue weighted by molar-refractivity contribution is 8.00. The number of aliphatic imine (C=N–C) groups is 1. The first kappa shape index (κ1) is 16.0. The molecule has 1 unspecified atom stereocenters. The molecule has 0 bridgehead atoms. The van der Waals surface area contributed by atoms with Gasteiger partial charge in [0.15, 0.2) is 5.96 Å². The third-order valence-corrected chi connectivity index (χ3v) is 4.67. The molecule has 21 heavy (non-hydrogen) atoms. The van der Waals surface area contributed by atoms with Gasteiger partial charge in [-0.25, -0.2) is 4.99 Å². The molecule has 1 atom stereocenters. The van der Waals surface area contributed by atoms with Crippen molar-refractivity contribution in [3.05, 3.63) is 36.3 Å². The Labute approximate surface area is 131 Å². The summed E-state index contributed by atoms with van der Waals surface area (Å²) >= 11 is 2.05. The van der Waals surface area contributed by atoms with E-state index in [1.807, 2.05) is 19.1 Å². The average molecular weight is 307 g/mol. The summed E-state index contributed by atoms with van der Waals surface area (Å²) in [7, 11) is 0. The van der Waals surface area contributed by atoms with Gasteiger partial charge in [0.05, 0.1) is 12.8 Å². The van der Waals surface area contributed by atoms with E-state index < -0.39 is 0 Å². The molecule has 0 saturated carbocycles. The zero-order valence-electron chi connectivity index (χ0n) is 12.7. The fourth-order valence-corrected chi connectivity index (χ4v) is 3.36. The van der Waals surface area contributed by atoms with Crippen LogP contribution in [0.25, 0.3) is 0 Å². The van der Waals surface area contributed by atoms with Crippen molar-refractivity contribution >= 4 is 17.7 Å². The van der Waals surface area contributed by atoms with Crippen molar-refractivity contribution in [2.75, 3.05) is 25.4 Å². The number of furan rings is 1. The molecule has 116 valence electrons. The number of hydrogen-bond acceptors (Lipinski definition) is 3. The maximum atomic E-state index is 5.34. The van der Waals surface area contributed by atoms with Gasteiger partial charge in [-0.1, -0.05) is 12.2 Å². The van der Waals surface area contributed by atoms with Crippen LogP contribution >= 0.6 is 11.8 Å². The summed E-state index contributed by atoms with van der Waals surface area (Å²) in [4.78, 5) is 4.56. The van der Waals surface area contributed by atoms with Crippen LogP contribution in [0.2, 0.25) is 0 Å². The molecule has 1 fully saturated rings. The second-order valence-corrected chi connectivity index (χ2v) is 6.80. The molecule has 0 aromatic carbocycles. The van der Waals surface area contributed by atoms with E-state index in [2.05, 4.69) is 34.0 Å². The van der Waals surface area contributed by atoms with E-state index in [9.17, 15) is 0 Å². The van der Waals surface area contributed by atoms with Gasteiger partial charge in [0.1, 0.15) is 5.76 Å². The Balaban J connectivity index is 1.76. The minimum atomic E-state index is 0.661. The molecule has 1 aromatic rings. The lowest BCUT2D eigenvalue weighted by molar-refractivity contribution is 0.506. The van der Waals surface area contributed by atoms with Gasteiger partial charge in [-0.3, -0.25) is 0 Å². The fourth-order valence-electron chi connectivity index (χ4n) is 2.16. The molecule has 5 heteroatoms. The molecule has 2 N–H and O–H groups in total. The average Bonchev–Trinajstić information content (AvgIpc) is 3.14. The monoisotopic (exact) mass is 307 g/mol. The molecule has 0 amide bonds. The van der Waals surface area contributed by atoms with Crippen molar-refractivity contribution in [3.8, 4) is 0 Å². The summed E-state index contributed by atoms with van der Waals surface area (Å²) in [5, 5.41) is 7.52. The van der Waals surface area contributed by atoms with Gasteiger partial charge in [0, 0.05) is 24.8 Å². The highest BCUT2D eigenvalue weighted by atomic mass is 32.2. The molecule has 1 aromatic heterocycles. The Kier molecular flexibility index (Phi) is 6.73. The number of thioether (sulfide) groups is 1. The Morgan fingerprint density at radius 2 is 2.43 bits per heavy atom. The molecule has 0 radical (unpaired) electrons. The normalized spacial score (nSPS) is 18.7. The molecule has 1 aliphatic rings. The van der Waals surface area contributed by atoms with Crippen LogP contribution < -0.4 is 10.6 Å². The minimum Gasteiger partial charge on any atom is -0.469 e. The molecular formula is C16H25N3OS. The fraction of sp³-hybridized carbons (Fsp3) is 0.562. The minimum absolute atomic E-state index is 0.661. The topological polar surface area (TPSA) is 49.6 Å². The van der Waals surface area contributed by atoms with E-state index in [0.29, 0.717) is 11.8 Å². The van der Waals surface area contributed by atoms with Crippen LogP contribution in [-0.2, 0) is 6.42 Å². The largest absolute Gasteiger partial charge is 0.469 e. The molecular weight excluding hydrogens is 282 g/mol. The zero-order valence-corrected chi connectivity index (χ0v) is 13.5. The Morgan fingerprint density at radius 1 is 1.52 bits per heavy atom. The Morgan fingerprint density at radius 3 is 3.10 bits per heavy atom. The Bertz CT molecular complexity index is 450. The predicted octanol–water partition coefficient (Wildman–Crippen LogP) is 2.83. The lowest BCUT2D eigenvalue weighted by atomic mass is 10.2. The number of hydrogen-bond donors (Lipinski definition) is 2. The smallest absolute Gasteiger partial charge is 0.191 e. The first-order valence-corrected chi connectivity index (χ1v) is 8.59. The van der Waals surface area contributed by atoms with Crippen LogP contribution in [0.1, 0.15) is 25.5 Å². The molecule has 2 rings (SSSR count). The maximum Gasteiger partial charge on any atom is 0.191 e. The number of rotatable bonds is 7. The van der Waals surface area contributed by atoms with Crippen molar-refractivity contribution in [1.29, 1.82) is 0 Å². The van der Waals surface area contributed by atoms with E-state index in [1.54, 1.807) is 6.26 Å². The molecule has 0 spiro atoms. The van der Waals surface area contributed by atoms with Crippen LogP contribution in [0.4, 0.5) is 0 Å². The third-order valence-electron chi connectivity index (χ3n) is 3.27. The lowest BCUT2D eigenvalue weighted by Gasteiger charge is -2.15. The summed E-state index contributed by atoms with van der Waals surface area (Å²) in [6, 6.07) is 3.91. The van der Waals surface area contributed by atoms with Gasteiger partial charge in [0.25, 0.3) is 0 Å². The van der Waals surface area contributed by atoms with Gasteiger partial charge in [0.2, 0.25) is 0 Å². The van der Waals surface area contributed by atoms with Crippen molar-refractivity contribution in [2.24, 2.45) is 4.99 Å². The van der Waals surface area contributed by atoms with Crippen LogP contribution in [0.15, 0.2) is 40.0 Å². The second-order valence-electron chi connectivity index (χ2n) is 5.39. The van der Waals surface area contributed by atoms with Crippen molar-refractivity contribution in [3.63, 3.8) is 0 Å². The summed E-state index contributed by atoms with van der Waals surface area (Å²) < 4.78 is 5.34. The molecule has 1 aliphatic heterocycles. The highest BCUT2D eigenvalue weighted by Crippen LogP contribution is 2.25. The van der Waals surface area contributed by atoms with Gasteiger partial charge in [-0.2, -0.15) is 11.8 Å². The summed E-state index contributed by atoms with van der Waals surface area (Å²) in [5.74, 6) is 3.15.